The first kappa shape index (κ1) is 11.9. The first-order valence-corrected chi connectivity index (χ1v) is 7.43. The Balaban J connectivity index is 2.03. The highest BCUT2D eigenvalue weighted by atomic mass is 16.1. The van der Waals surface area contributed by atoms with Gasteiger partial charge in [0.15, 0.2) is 5.78 Å². The number of nitrogens with one attached hydrogen (secondary N) is 1. The van der Waals surface area contributed by atoms with E-state index >= 15 is 0 Å². The zero-order valence-electron chi connectivity index (χ0n) is 11.9. The molecule has 1 aromatic heterocycles. The predicted octanol–water partition coefficient (Wildman–Crippen LogP) is 3.43. The normalized spacial score (nSPS) is 21.5. The summed E-state index contributed by atoms with van der Waals surface area (Å²) < 4.78 is 0. The van der Waals surface area contributed by atoms with Crippen LogP contribution in [0.4, 0.5) is 0 Å². The van der Waals surface area contributed by atoms with Gasteiger partial charge in [-0.05, 0) is 60.4 Å². The number of carbonyl (C=O) groups excluding carboxylic acids is 1. The Labute approximate surface area is 118 Å². The molecule has 1 atom stereocenters. The quantitative estimate of drug-likeness (QED) is 0.859. The number of H-pyrrole nitrogens is 1. The van der Waals surface area contributed by atoms with Gasteiger partial charge in [0.05, 0.1) is 5.52 Å². The summed E-state index contributed by atoms with van der Waals surface area (Å²) in [6.07, 6.45) is 3.75. The molecule has 20 heavy (non-hydrogen) atoms. The van der Waals surface area contributed by atoms with E-state index in [-0.39, 0.29) is 0 Å². The molecule has 3 heteroatoms. The number of carbonyl (C=O) groups is 1. The molecule has 1 aromatic carbocycles. The van der Waals surface area contributed by atoms with Crippen molar-refractivity contribution in [3.05, 3.63) is 34.5 Å². The molecular weight excluding hydrogens is 248 g/mol. The van der Waals surface area contributed by atoms with Crippen molar-refractivity contribution in [1.82, 2.24) is 10.2 Å². The van der Waals surface area contributed by atoms with E-state index in [4.69, 9.17) is 0 Å². The molecule has 1 unspecified atom stereocenters. The molecule has 1 N–H and O–H groups in total. The topological polar surface area (TPSA) is 45.8 Å². The molecule has 102 valence electrons. The average Bonchev–Trinajstić information content (AvgIpc) is 3.03. The number of nitrogens with zero attached hydrogens (tertiary/aromatic N) is 1. The number of aryl methyl sites for hydroxylation is 1. The van der Waals surface area contributed by atoms with Crippen LogP contribution in [0, 0.1) is 5.92 Å². The molecule has 0 spiro atoms. The first-order valence-electron chi connectivity index (χ1n) is 7.43. The molecule has 0 radical (unpaired) electrons. The number of fused-ring (bicyclic) bond motifs is 5. The van der Waals surface area contributed by atoms with Gasteiger partial charge in [0.2, 0.25) is 0 Å². The molecule has 4 rings (SSSR count). The van der Waals surface area contributed by atoms with E-state index in [9.17, 15) is 4.79 Å². The van der Waals surface area contributed by atoms with Crippen molar-refractivity contribution < 1.29 is 4.79 Å². The van der Waals surface area contributed by atoms with Crippen LogP contribution in [0.25, 0.3) is 16.5 Å². The zero-order valence-corrected chi connectivity index (χ0v) is 11.9. The molecule has 0 saturated heterocycles. The van der Waals surface area contributed by atoms with Crippen molar-refractivity contribution in [3.63, 3.8) is 0 Å². The van der Waals surface area contributed by atoms with E-state index in [1.165, 1.54) is 27.8 Å². The third-order valence-corrected chi connectivity index (χ3v) is 4.95. The van der Waals surface area contributed by atoms with E-state index in [1.54, 1.807) is 0 Å². The van der Waals surface area contributed by atoms with Gasteiger partial charge in [0.25, 0.3) is 0 Å². The zero-order chi connectivity index (χ0) is 13.9. The van der Waals surface area contributed by atoms with Gasteiger partial charge in [-0.25, -0.2) is 0 Å². The van der Waals surface area contributed by atoms with Crippen LogP contribution in [0.3, 0.4) is 0 Å². The highest BCUT2D eigenvalue weighted by Crippen LogP contribution is 2.47. The summed E-state index contributed by atoms with van der Waals surface area (Å²) >= 11 is 0. The first-order chi connectivity index (χ1) is 9.70. The van der Waals surface area contributed by atoms with Gasteiger partial charge in [-0.1, -0.05) is 13.0 Å². The number of benzene rings is 1. The van der Waals surface area contributed by atoms with Crippen LogP contribution in [0.15, 0.2) is 17.7 Å². The highest BCUT2D eigenvalue weighted by Gasteiger charge is 2.35. The Hall–Kier alpha value is -1.90. The Morgan fingerprint density at radius 2 is 2.25 bits per heavy atom. The Bertz CT molecular complexity index is 767. The van der Waals surface area contributed by atoms with Gasteiger partial charge >= 0.3 is 0 Å². The van der Waals surface area contributed by atoms with Gasteiger partial charge in [0.1, 0.15) is 0 Å². The fraction of sp³-hybridized carbons (Fsp3) is 0.412. The van der Waals surface area contributed by atoms with Crippen molar-refractivity contribution in [1.29, 1.82) is 0 Å². The molecule has 2 aromatic rings. The van der Waals surface area contributed by atoms with Crippen LogP contribution in [0.1, 0.15) is 43.5 Å². The second kappa shape index (κ2) is 4.05. The van der Waals surface area contributed by atoms with Crippen LogP contribution < -0.4 is 0 Å². The maximum atomic E-state index is 12.0. The summed E-state index contributed by atoms with van der Waals surface area (Å²) in [5.41, 5.74) is 7.28. The number of allylic oxidation sites excluding steroid dienone is 2. The van der Waals surface area contributed by atoms with Crippen molar-refractivity contribution in [2.75, 3.05) is 0 Å². The molecule has 3 nitrogen and oxygen atoms in total. The van der Waals surface area contributed by atoms with Crippen molar-refractivity contribution in [2.24, 2.45) is 5.92 Å². The van der Waals surface area contributed by atoms with Crippen molar-refractivity contribution >= 4 is 22.3 Å². The summed E-state index contributed by atoms with van der Waals surface area (Å²) in [5.74, 6) is 0.861. The van der Waals surface area contributed by atoms with Gasteiger partial charge < -0.3 is 0 Å². The minimum Gasteiger partial charge on any atom is -0.295 e. The number of aromatic nitrogens is 2. The summed E-state index contributed by atoms with van der Waals surface area (Å²) in [5, 5.41) is 8.87. The van der Waals surface area contributed by atoms with E-state index in [0.717, 1.165) is 30.4 Å². The Morgan fingerprint density at radius 1 is 1.40 bits per heavy atom. The lowest BCUT2D eigenvalue weighted by Gasteiger charge is -2.20. The smallest absolute Gasteiger partial charge is 0.158 e. The minimum atomic E-state index is 0.326. The summed E-state index contributed by atoms with van der Waals surface area (Å²) in [7, 11) is 0. The van der Waals surface area contributed by atoms with E-state index in [2.05, 4.69) is 29.3 Å². The number of Topliss-reactive ketones (excluding diaryl/α,β-unsaturated/α-hetero) is 1. The maximum absolute atomic E-state index is 12.0. The highest BCUT2D eigenvalue weighted by molar-refractivity contribution is 6.06. The van der Waals surface area contributed by atoms with Crippen LogP contribution in [0.2, 0.25) is 0 Å². The summed E-state index contributed by atoms with van der Waals surface area (Å²) in [6, 6.07) is 4.25. The third kappa shape index (κ3) is 1.41. The third-order valence-electron chi connectivity index (χ3n) is 4.95. The molecule has 0 amide bonds. The fourth-order valence-electron chi connectivity index (χ4n) is 3.94. The van der Waals surface area contributed by atoms with Crippen LogP contribution in [-0.2, 0) is 17.6 Å². The lowest BCUT2D eigenvalue weighted by atomic mass is 9.83. The maximum Gasteiger partial charge on any atom is 0.158 e. The van der Waals surface area contributed by atoms with Crippen LogP contribution in [-0.4, -0.2) is 16.0 Å². The number of aromatic amines is 1. The second-order valence-corrected chi connectivity index (χ2v) is 5.94. The number of hydrogen-bond donors (Lipinski definition) is 1. The SMILES string of the molecule is CCc1[nH]nc2ccc3c(c12)CC1CCC(=O)C(C)=C31. The monoisotopic (exact) mass is 266 g/mol. The summed E-state index contributed by atoms with van der Waals surface area (Å²) in [6.45, 7) is 4.15. The number of hydrogen-bond acceptors (Lipinski definition) is 2. The van der Waals surface area contributed by atoms with Gasteiger partial charge in [-0.3, -0.25) is 9.89 Å². The molecule has 2 aliphatic rings. The molecule has 0 fully saturated rings. The van der Waals surface area contributed by atoms with Crippen LogP contribution in [0.5, 0.6) is 0 Å². The molecule has 2 aliphatic carbocycles. The second-order valence-electron chi connectivity index (χ2n) is 5.94. The average molecular weight is 266 g/mol. The Kier molecular flexibility index (Phi) is 2.40. The van der Waals surface area contributed by atoms with E-state index < -0.39 is 0 Å². The Morgan fingerprint density at radius 3 is 3.05 bits per heavy atom. The van der Waals surface area contributed by atoms with E-state index in [1.807, 2.05) is 6.92 Å². The number of rotatable bonds is 1. The van der Waals surface area contributed by atoms with Gasteiger partial charge in [-0.2, -0.15) is 5.10 Å². The lowest BCUT2D eigenvalue weighted by molar-refractivity contribution is -0.116. The van der Waals surface area contributed by atoms with Crippen LogP contribution >= 0.6 is 0 Å². The fourth-order valence-corrected chi connectivity index (χ4v) is 3.94. The predicted molar refractivity (Wildman–Crippen MR) is 79.5 cm³/mol. The van der Waals surface area contributed by atoms with Crippen molar-refractivity contribution in [3.8, 4) is 0 Å². The standard InChI is InChI=1S/C17H18N2O/c1-3-13-17-12-8-10-4-7-15(20)9(2)16(10)11(12)5-6-14(17)19-18-13/h5-6,10H,3-4,7-8H2,1-2H3,(H,18,19). The van der Waals surface area contributed by atoms with E-state index in [0.29, 0.717) is 18.1 Å². The van der Waals surface area contributed by atoms with Gasteiger partial charge in [0, 0.05) is 17.5 Å². The lowest BCUT2D eigenvalue weighted by Crippen LogP contribution is -2.14. The molecule has 0 saturated carbocycles. The minimum absolute atomic E-state index is 0.326. The molecule has 0 bridgehead atoms. The summed E-state index contributed by atoms with van der Waals surface area (Å²) in [4.78, 5) is 12.0. The molecule has 0 aliphatic heterocycles. The molecule has 1 heterocycles. The van der Waals surface area contributed by atoms with Crippen molar-refractivity contribution in [2.45, 2.75) is 39.5 Å². The molecular formula is C17H18N2O. The largest absolute Gasteiger partial charge is 0.295 e. The number of ketones is 1. The van der Waals surface area contributed by atoms with Gasteiger partial charge in [-0.15, -0.1) is 0 Å².